The smallest absolute Gasteiger partial charge is 0.326 e. The second kappa shape index (κ2) is 4.95. The minimum atomic E-state index is -4.58. The van der Waals surface area contributed by atoms with Crippen LogP contribution in [0.5, 0.6) is 0 Å². The molecule has 1 heterocycles. The first-order valence-corrected chi connectivity index (χ1v) is 7.06. The van der Waals surface area contributed by atoms with Crippen LogP contribution in [-0.2, 0) is 14.8 Å². The molecular weight excluding hydrogens is 292 g/mol. The summed E-state index contributed by atoms with van der Waals surface area (Å²) in [4.78, 5) is 9.86. The van der Waals surface area contributed by atoms with Gasteiger partial charge >= 0.3 is 5.97 Å². The fourth-order valence-corrected chi connectivity index (χ4v) is 3.62. The summed E-state index contributed by atoms with van der Waals surface area (Å²) in [7, 11) is -4.58. The van der Waals surface area contributed by atoms with Gasteiger partial charge in [-0.15, -0.1) is 0 Å². The van der Waals surface area contributed by atoms with Gasteiger partial charge in [0.15, 0.2) is 4.90 Å². The highest BCUT2D eigenvalue weighted by atomic mass is 32.2. The number of rotatable bonds is 3. The lowest BCUT2D eigenvalue weighted by molar-refractivity contribution is -0.139. The first-order chi connectivity index (χ1) is 9.26. The highest BCUT2D eigenvalue weighted by molar-refractivity contribution is 7.89. The van der Waals surface area contributed by atoms with Gasteiger partial charge in [0, 0.05) is 6.54 Å². The molecule has 108 valence electrons. The molecule has 1 aromatic carbocycles. The number of hydrogen-bond donors (Lipinski definition) is 1. The molecule has 0 radical (unpaired) electrons. The molecule has 1 atom stereocenters. The summed E-state index contributed by atoms with van der Waals surface area (Å²) in [6, 6.07) is 0.491. The average molecular weight is 303 g/mol. The van der Waals surface area contributed by atoms with Crippen molar-refractivity contribution in [1.29, 1.82) is 0 Å². The van der Waals surface area contributed by atoms with Crippen molar-refractivity contribution >= 4 is 16.0 Å². The van der Waals surface area contributed by atoms with E-state index in [1.54, 1.807) is 0 Å². The molecule has 2 rings (SSSR count). The van der Waals surface area contributed by atoms with Crippen molar-refractivity contribution in [2.75, 3.05) is 6.54 Å². The summed E-state index contributed by atoms with van der Waals surface area (Å²) < 4.78 is 52.7. The molecule has 1 aliphatic rings. The minimum Gasteiger partial charge on any atom is -0.480 e. The summed E-state index contributed by atoms with van der Waals surface area (Å²) >= 11 is 0. The van der Waals surface area contributed by atoms with Crippen molar-refractivity contribution < 1.29 is 27.1 Å². The third-order valence-corrected chi connectivity index (χ3v) is 4.86. The van der Waals surface area contributed by atoms with Crippen molar-refractivity contribution in [1.82, 2.24) is 4.31 Å². The van der Waals surface area contributed by atoms with Gasteiger partial charge in [-0.3, -0.25) is 4.79 Å². The van der Waals surface area contributed by atoms with Gasteiger partial charge in [-0.25, -0.2) is 17.2 Å². The quantitative estimate of drug-likeness (QED) is 0.854. The van der Waals surface area contributed by atoms with Gasteiger partial charge < -0.3 is 5.11 Å². The largest absolute Gasteiger partial charge is 0.480 e. The Kier molecular flexibility index (Phi) is 3.61. The van der Waals surface area contributed by atoms with E-state index in [1.807, 2.05) is 0 Å². The number of halogens is 2. The van der Waals surface area contributed by atoms with Crippen LogP contribution < -0.4 is 0 Å². The molecule has 1 N–H and O–H groups in total. The van der Waals surface area contributed by atoms with E-state index in [9.17, 15) is 22.0 Å². The second-order valence-electron chi connectivity index (χ2n) is 4.29. The molecule has 5 nitrogen and oxygen atoms in total. The summed E-state index contributed by atoms with van der Waals surface area (Å²) in [6.45, 7) is 1.05. The first-order valence-electron chi connectivity index (χ1n) is 5.62. The Balaban J connectivity index is 2.57. The molecule has 0 aliphatic carbocycles. The standard InChI is InChI=1S/C12H11F2NO4S/c1-7-4-5-8(13)11(10(7)14)20(18,19)15-6-2-3-9(15)12(16)17/h2-5,9H,6H2,1H3,(H,16,17). The van der Waals surface area contributed by atoms with Crippen LogP contribution in [-0.4, -0.2) is 36.4 Å². The average Bonchev–Trinajstić information content (AvgIpc) is 2.84. The van der Waals surface area contributed by atoms with Crippen molar-refractivity contribution in [3.63, 3.8) is 0 Å². The van der Waals surface area contributed by atoms with Crippen molar-refractivity contribution in [3.05, 3.63) is 41.5 Å². The molecule has 0 fully saturated rings. The number of nitrogens with zero attached hydrogens (tertiary/aromatic N) is 1. The van der Waals surface area contributed by atoms with Crippen LogP contribution in [0.1, 0.15) is 5.56 Å². The van der Waals surface area contributed by atoms with Crippen LogP contribution in [0, 0.1) is 18.6 Å². The maximum atomic E-state index is 13.9. The fourth-order valence-electron chi connectivity index (χ4n) is 1.94. The van der Waals surface area contributed by atoms with Gasteiger partial charge in [0.1, 0.15) is 17.7 Å². The van der Waals surface area contributed by atoms with Crippen LogP contribution in [0.2, 0.25) is 0 Å². The van der Waals surface area contributed by atoms with E-state index in [-0.39, 0.29) is 12.1 Å². The molecule has 0 bridgehead atoms. The van der Waals surface area contributed by atoms with E-state index in [1.165, 1.54) is 13.0 Å². The van der Waals surface area contributed by atoms with Crippen LogP contribution in [0.15, 0.2) is 29.2 Å². The Hall–Kier alpha value is -1.80. The molecule has 1 aliphatic heterocycles. The minimum absolute atomic E-state index is 0.0380. The summed E-state index contributed by atoms with van der Waals surface area (Å²) in [5.41, 5.74) is -0.0380. The molecule has 20 heavy (non-hydrogen) atoms. The lowest BCUT2D eigenvalue weighted by Gasteiger charge is -2.21. The number of hydrogen-bond acceptors (Lipinski definition) is 3. The van der Waals surface area contributed by atoms with Crippen LogP contribution in [0.4, 0.5) is 8.78 Å². The Morgan fingerprint density at radius 2 is 2.05 bits per heavy atom. The van der Waals surface area contributed by atoms with E-state index in [2.05, 4.69) is 0 Å². The monoisotopic (exact) mass is 303 g/mol. The Labute approximate surface area is 114 Å². The predicted octanol–water partition coefficient (Wildman–Crippen LogP) is 1.29. The van der Waals surface area contributed by atoms with E-state index in [0.717, 1.165) is 18.2 Å². The molecule has 8 heteroatoms. The molecule has 1 aromatic rings. The summed E-state index contributed by atoms with van der Waals surface area (Å²) in [5.74, 6) is -3.86. The lowest BCUT2D eigenvalue weighted by atomic mass is 10.2. The Bertz CT molecular complexity index is 700. The highest BCUT2D eigenvalue weighted by Gasteiger charge is 2.39. The molecule has 0 aromatic heterocycles. The van der Waals surface area contributed by atoms with Crippen molar-refractivity contribution in [2.24, 2.45) is 0 Å². The molecule has 0 amide bonds. The lowest BCUT2D eigenvalue weighted by Crippen LogP contribution is -2.41. The van der Waals surface area contributed by atoms with Gasteiger partial charge in [-0.2, -0.15) is 4.31 Å². The Morgan fingerprint density at radius 1 is 1.40 bits per heavy atom. The van der Waals surface area contributed by atoms with Gasteiger partial charge in [0.05, 0.1) is 0 Å². The predicted molar refractivity (Wildman–Crippen MR) is 65.6 cm³/mol. The zero-order valence-corrected chi connectivity index (χ0v) is 11.2. The van der Waals surface area contributed by atoms with Gasteiger partial charge in [0.25, 0.3) is 0 Å². The second-order valence-corrected chi connectivity index (χ2v) is 6.12. The number of carbonyl (C=O) groups is 1. The normalized spacial score (nSPS) is 19.4. The number of aliphatic carboxylic acids is 1. The molecular formula is C12H11F2NO4S. The van der Waals surface area contributed by atoms with Gasteiger partial charge in [-0.05, 0) is 18.6 Å². The zero-order valence-electron chi connectivity index (χ0n) is 10.4. The van der Waals surface area contributed by atoms with Crippen molar-refractivity contribution in [2.45, 2.75) is 17.9 Å². The van der Waals surface area contributed by atoms with E-state index < -0.39 is 38.6 Å². The van der Waals surface area contributed by atoms with Gasteiger partial charge in [-0.1, -0.05) is 18.2 Å². The van der Waals surface area contributed by atoms with E-state index in [4.69, 9.17) is 5.11 Å². The number of aryl methyl sites for hydroxylation is 1. The third-order valence-electron chi connectivity index (χ3n) is 2.98. The fraction of sp³-hybridized carbons (Fsp3) is 0.250. The number of carboxylic acid groups (broad SMARTS) is 1. The van der Waals surface area contributed by atoms with E-state index >= 15 is 0 Å². The topological polar surface area (TPSA) is 74.7 Å². The third kappa shape index (κ3) is 2.20. The summed E-state index contributed by atoms with van der Waals surface area (Å²) in [6.07, 6.45) is 2.48. The van der Waals surface area contributed by atoms with Crippen LogP contribution in [0.25, 0.3) is 0 Å². The SMILES string of the molecule is Cc1ccc(F)c(S(=O)(=O)N2CC=CC2C(=O)O)c1F. The number of carboxylic acids is 1. The zero-order chi connectivity index (χ0) is 15.1. The van der Waals surface area contributed by atoms with Crippen LogP contribution >= 0.6 is 0 Å². The first kappa shape index (κ1) is 14.6. The molecule has 0 saturated carbocycles. The molecule has 0 saturated heterocycles. The maximum Gasteiger partial charge on any atom is 0.326 e. The molecule has 1 unspecified atom stereocenters. The molecule has 0 spiro atoms. The number of sulfonamides is 1. The maximum absolute atomic E-state index is 13.9. The van der Waals surface area contributed by atoms with Gasteiger partial charge in [0.2, 0.25) is 10.0 Å². The highest BCUT2D eigenvalue weighted by Crippen LogP contribution is 2.28. The number of benzene rings is 1. The Morgan fingerprint density at radius 3 is 2.65 bits per heavy atom. The van der Waals surface area contributed by atoms with Crippen LogP contribution in [0.3, 0.4) is 0 Å². The van der Waals surface area contributed by atoms with E-state index in [0.29, 0.717) is 4.31 Å². The summed E-state index contributed by atoms with van der Waals surface area (Å²) in [5, 5.41) is 8.94. The van der Waals surface area contributed by atoms with Crippen molar-refractivity contribution in [3.8, 4) is 0 Å².